The summed E-state index contributed by atoms with van der Waals surface area (Å²) in [4.78, 5) is 0. The molecule has 74 valence electrons. The third kappa shape index (κ3) is 3.36. The summed E-state index contributed by atoms with van der Waals surface area (Å²) >= 11 is 4.23. The minimum Gasteiger partial charge on any atom is -0.372 e. The lowest BCUT2D eigenvalue weighted by molar-refractivity contribution is 0.0635. The molecule has 0 saturated heterocycles. The first-order valence-electron chi connectivity index (χ1n) is 4.30. The van der Waals surface area contributed by atoms with Gasteiger partial charge in [0.15, 0.2) is 0 Å². The molecule has 1 rings (SSSR count). The Hall–Kier alpha value is -0.550. The monoisotopic (exact) mass is 201 g/mol. The van der Waals surface area contributed by atoms with Gasteiger partial charge in [0.05, 0.1) is 24.3 Å². The standard InChI is InChI=1S/C8H15N3OS/c1-6(2)12-5-8-4-11(7(3)13)10-9-8/h4,6-7,13H,5H2,1-3H3. The minimum atomic E-state index is 0.0558. The Morgan fingerprint density at radius 3 is 2.69 bits per heavy atom. The fourth-order valence-corrected chi connectivity index (χ4v) is 0.927. The first-order chi connectivity index (χ1) is 6.09. The van der Waals surface area contributed by atoms with Crippen LogP contribution >= 0.6 is 12.6 Å². The summed E-state index contributed by atoms with van der Waals surface area (Å²) in [5.74, 6) is 0. The molecular formula is C8H15N3OS. The summed E-state index contributed by atoms with van der Waals surface area (Å²) in [6, 6.07) is 0. The van der Waals surface area contributed by atoms with Crippen LogP contribution < -0.4 is 0 Å². The average Bonchev–Trinajstić information content (AvgIpc) is 2.48. The SMILES string of the molecule is CC(C)OCc1cn(C(C)S)nn1. The first kappa shape index (κ1) is 10.5. The van der Waals surface area contributed by atoms with E-state index < -0.39 is 0 Å². The molecule has 1 atom stereocenters. The second kappa shape index (κ2) is 4.62. The lowest BCUT2D eigenvalue weighted by Crippen LogP contribution is -2.02. The second-order valence-electron chi connectivity index (χ2n) is 3.18. The molecular weight excluding hydrogens is 186 g/mol. The molecule has 0 radical (unpaired) electrons. The van der Waals surface area contributed by atoms with Crippen LogP contribution in [-0.2, 0) is 11.3 Å². The molecule has 0 aliphatic rings. The molecule has 1 aromatic rings. The number of hydrogen-bond acceptors (Lipinski definition) is 4. The van der Waals surface area contributed by atoms with Crippen molar-refractivity contribution in [2.24, 2.45) is 0 Å². The van der Waals surface area contributed by atoms with Gasteiger partial charge in [-0.15, -0.1) is 5.10 Å². The van der Waals surface area contributed by atoms with Gasteiger partial charge in [-0.2, -0.15) is 12.6 Å². The molecule has 0 aromatic carbocycles. The lowest BCUT2D eigenvalue weighted by Gasteiger charge is -2.04. The lowest BCUT2D eigenvalue weighted by atomic mass is 10.4. The Bertz CT molecular complexity index is 260. The Balaban J connectivity index is 2.49. The average molecular weight is 201 g/mol. The van der Waals surface area contributed by atoms with Gasteiger partial charge in [-0.1, -0.05) is 5.21 Å². The van der Waals surface area contributed by atoms with Gasteiger partial charge in [0.25, 0.3) is 0 Å². The number of aromatic nitrogens is 3. The van der Waals surface area contributed by atoms with Crippen molar-refractivity contribution < 1.29 is 4.74 Å². The Morgan fingerprint density at radius 2 is 2.23 bits per heavy atom. The Kier molecular flexibility index (Phi) is 3.74. The molecule has 5 heteroatoms. The van der Waals surface area contributed by atoms with E-state index in [0.717, 1.165) is 5.69 Å². The second-order valence-corrected chi connectivity index (χ2v) is 3.93. The molecule has 4 nitrogen and oxygen atoms in total. The van der Waals surface area contributed by atoms with E-state index in [2.05, 4.69) is 22.9 Å². The fourth-order valence-electron chi connectivity index (χ4n) is 0.814. The summed E-state index contributed by atoms with van der Waals surface area (Å²) in [6.07, 6.45) is 2.07. The largest absolute Gasteiger partial charge is 0.372 e. The number of thiol groups is 1. The highest BCUT2D eigenvalue weighted by Gasteiger charge is 2.04. The van der Waals surface area contributed by atoms with Gasteiger partial charge >= 0.3 is 0 Å². The van der Waals surface area contributed by atoms with Crippen LogP contribution in [0.25, 0.3) is 0 Å². The maximum absolute atomic E-state index is 5.38. The van der Waals surface area contributed by atoms with Crippen LogP contribution in [0.15, 0.2) is 6.20 Å². The van der Waals surface area contributed by atoms with E-state index in [1.807, 2.05) is 27.0 Å². The van der Waals surface area contributed by atoms with Crippen LogP contribution in [0.1, 0.15) is 31.8 Å². The highest BCUT2D eigenvalue weighted by molar-refractivity contribution is 7.80. The summed E-state index contributed by atoms with van der Waals surface area (Å²) in [5, 5.41) is 7.91. The molecule has 0 fully saturated rings. The van der Waals surface area contributed by atoms with Crippen molar-refractivity contribution >= 4 is 12.6 Å². The molecule has 0 spiro atoms. The van der Waals surface area contributed by atoms with Crippen molar-refractivity contribution in [1.82, 2.24) is 15.0 Å². The van der Waals surface area contributed by atoms with Crippen LogP contribution in [0, 0.1) is 0 Å². The quantitative estimate of drug-likeness (QED) is 0.753. The summed E-state index contributed by atoms with van der Waals surface area (Å²) in [6.45, 7) is 6.43. The van der Waals surface area contributed by atoms with Crippen LogP contribution in [-0.4, -0.2) is 21.1 Å². The van der Waals surface area contributed by atoms with E-state index in [1.165, 1.54) is 0 Å². The van der Waals surface area contributed by atoms with E-state index in [4.69, 9.17) is 4.74 Å². The molecule has 0 saturated carbocycles. The molecule has 0 N–H and O–H groups in total. The molecule has 1 aromatic heterocycles. The zero-order valence-corrected chi connectivity index (χ0v) is 9.03. The third-order valence-corrected chi connectivity index (χ3v) is 1.74. The van der Waals surface area contributed by atoms with Crippen molar-refractivity contribution in [2.45, 2.75) is 38.9 Å². The Morgan fingerprint density at radius 1 is 1.54 bits per heavy atom. The fraction of sp³-hybridized carbons (Fsp3) is 0.750. The molecule has 0 bridgehead atoms. The van der Waals surface area contributed by atoms with Gasteiger partial charge in [0.2, 0.25) is 0 Å². The molecule has 0 aliphatic heterocycles. The molecule has 13 heavy (non-hydrogen) atoms. The van der Waals surface area contributed by atoms with Crippen molar-refractivity contribution in [1.29, 1.82) is 0 Å². The van der Waals surface area contributed by atoms with E-state index in [1.54, 1.807) is 4.68 Å². The number of ether oxygens (including phenoxy) is 1. The maximum atomic E-state index is 5.38. The number of nitrogens with zero attached hydrogens (tertiary/aromatic N) is 3. The summed E-state index contributed by atoms with van der Waals surface area (Å²) in [5.41, 5.74) is 0.842. The van der Waals surface area contributed by atoms with Crippen molar-refractivity contribution in [3.63, 3.8) is 0 Å². The van der Waals surface area contributed by atoms with Gasteiger partial charge in [0, 0.05) is 0 Å². The van der Waals surface area contributed by atoms with E-state index >= 15 is 0 Å². The number of hydrogen-bond donors (Lipinski definition) is 1. The van der Waals surface area contributed by atoms with E-state index in [-0.39, 0.29) is 11.5 Å². The zero-order chi connectivity index (χ0) is 9.84. The van der Waals surface area contributed by atoms with Crippen LogP contribution in [0.5, 0.6) is 0 Å². The van der Waals surface area contributed by atoms with Crippen LogP contribution in [0.4, 0.5) is 0 Å². The first-order valence-corrected chi connectivity index (χ1v) is 4.81. The third-order valence-electron chi connectivity index (χ3n) is 1.51. The summed E-state index contributed by atoms with van der Waals surface area (Å²) in [7, 11) is 0. The van der Waals surface area contributed by atoms with Crippen molar-refractivity contribution in [2.75, 3.05) is 0 Å². The van der Waals surface area contributed by atoms with Gasteiger partial charge < -0.3 is 4.74 Å². The number of rotatable bonds is 4. The Labute approximate surface area is 83.7 Å². The highest BCUT2D eigenvalue weighted by atomic mass is 32.1. The smallest absolute Gasteiger partial charge is 0.108 e. The van der Waals surface area contributed by atoms with Gasteiger partial charge in [-0.05, 0) is 20.8 Å². The summed E-state index contributed by atoms with van der Waals surface area (Å²) < 4.78 is 7.08. The van der Waals surface area contributed by atoms with Gasteiger partial charge in [0.1, 0.15) is 5.69 Å². The predicted octanol–water partition coefficient (Wildman–Crippen LogP) is 1.65. The van der Waals surface area contributed by atoms with Crippen LogP contribution in [0.3, 0.4) is 0 Å². The van der Waals surface area contributed by atoms with E-state index in [9.17, 15) is 0 Å². The van der Waals surface area contributed by atoms with Gasteiger partial charge in [-0.25, -0.2) is 4.68 Å². The highest BCUT2D eigenvalue weighted by Crippen LogP contribution is 2.08. The van der Waals surface area contributed by atoms with Gasteiger partial charge in [-0.3, -0.25) is 0 Å². The minimum absolute atomic E-state index is 0.0558. The molecule has 1 heterocycles. The molecule has 0 aliphatic carbocycles. The zero-order valence-electron chi connectivity index (χ0n) is 8.14. The topological polar surface area (TPSA) is 39.9 Å². The van der Waals surface area contributed by atoms with Crippen molar-refractivity contribution in [3.8, 4) is 0 Å². The maximum Gasteiger partial charge on any atom is 0.108 e. The molecule has 1 unspecified atom stereocenters. The predicted molar refractivity (Wildman–Crippen MR) is 53.6 cm³/mol. The normalized spacial score (nSPS) is 13.6. The molecule has 0 amide bonds. The van der Waals surface area contributed by atoms with Crippen molar-refractivity contribution in [3.05, 3.63) is 11.9 Å². The van der Waals surface area contributed by atoms with Crippen LogP contribution in [0.2, 0.25) is 0 Å². The van der Waals surface area contributed by atoms with E-state index in [0.29, 0.717) is 6.61 Å².